The Morgan fingerprint density at radius 3 is 2.24 bits per heavy atom. The number of carbonyl (C=O) groups is 1. The number of hydrogen-bond donors (Lipinski definition) is 1. The lowest BCUT2D eigenvalue weighted by atomic mass is 9.94. The molecule has 1 aliphatic heterocycles. The van der Waals surface area contributed by atoms with Gasteiger partial charge in [0.1, 0.15) is 11.5 Å². The highest BCUT2D eigenvalue weighted by Crippen LogP contribution is 2.33. The molecule has 142 valence electrons. The van der Waals surface area contributed by atoms with Gasteiger partial charge in [-0.1, -0.05) is 20.8 Å². The molecule has 0 bridgehead atoms. The molecule has 0 aromatic carbocycles. The SMILES string of the molecule is CCOC1=C(NC(=O)C(C)(C)C)CC(OCC)=C(N2CCOCC2)C1. The Morgan fingerprint density at radius 1 is 1.08 bits per heavy atom. The van der Waals surface area contributed by atoms with E-state index >= 15 is 0 Å². The monoisotopic (exact) mass is 352 g/mol. The second-order valence-electron chi connectivity index (χ2n) is 7.29. The summed E-state index contributed by atoms with van der Waals surface area (Å²) in [5.74, 6) is 1.76. The first-order valence-corrected chi connectivity index (χ1v) is 9.20. The Morgan fingerprint density at radius 2 is 1.68 bits per heavy atom. The van der Waals surface area contributed by atoms with Gasteiger partial charge in [-0.25, -0.2) is 0 Å². The minimum Gasteiger partial charge on any atom is -0.496 e. The van der Waals surface area contributed by atoms with Crippen molar-refractivity contribution in [1.82, 2.24) is 10.2 Å². The number of morpholine rings is 1. The molecule has 1 fully saturated rings. The number of hydrogen-bond acceptors (Lipinski definition) is 5. The molecular formula is C19H32N2O4. The van der Waals surface area contributed by atoms with Gasteiger partial charge < -0.3 is 24.4 Å². The van der Waals surface area contributed by atoms with Gasteiger partial charge in [0.05, 0.1) is 50.7 Å². The van der Waals surface area contributed by atoms with E-state index < -0.39 is 5.41 Å². The van der Waals surface area contributed by atoms with Crippen molar-refractivity contribution < 1.29 is 19.0 Å². The predicted molar refractivity (Wildman–Crippen MR) is 96.5 cm³/mol. The summed E-state index contributed by atoms with van der Waals surface area (Å²) in [6.45, 7) is 14.0. The summed E-state index contributed by atoms with van der Waals surface area (Å²) < 4.78 is 17.3. The first-order valence-electron chi connectivity index (χ1n) is 9.20. The van der Waals surface area contributed by atoms with Gasteiger partial charge in [-0.3, -0.25) is 4.79 Å². The number of nitrogens with one attached hydrogen (secondary N) is 1. The topological polar surface area (TPSA) is 60.0 Å². The fourth-order valence-corrected chi connectivity index (χ4v) is 2.90. The van der Waals surface area contributed by atoms with E-state index in [1.54, 1.807) is 0 Å². The Kier molecular flexibility index (Phi) is 6.76. The molecule has 0 aromatic heterocycles. The summed E-state index contributed by atoms with van der Waals surface area (Å²) in [6, 6.07) is 0. The third kappa shape index (κ3) is 5.14. The molecule has 0 radical (unpaired) electrons. The smallest absolute Gasteiger partial charge is 0.229 e. The molecule has 1 aliphatic carbocycles. The number of nitrogens with zero attached hydrogens (tertiary/aromatic N) is 1. The fraction of sp³-hybridized carbons (Fsp3) is 0.737. The molecule has 0 saturated carbocycles. The van der Waals surface area contributed by atoms with Crippen molar-refractivity contribution >= 4 is 5.91 Å². The second kappa shape index (κ2) is 8.61. The van der Waals surface area contributed by atoms with Crippen LogP contribution in [0.3, 0.4) is 0 Å². The third-order valence-electron chi connectivity index (χ3n) is 4.30. The number of amides is 1. The molecule has 0 aromatic rings. The Hall–Kier alpha value is -1.69. The lowest BCUT2D eigenvalue weighted by Gasteiger charge is -2.36. The molecule has 1 heterocycles. The zero-order valence-corrected chi connectivity index (χ0v) is 16.2. The highest BCUT2D eigenvalue weighted by atomic mass is 16.5. The molecule has 25 heavy (non-hydrogen) atoms. The van der Waals surface area contributed by atoms with Crippen LogP contribution in [0.15, 0.2) is 22.9 Å². The summed E-state index contributed by atoms with van der Waals surface area (Å²) in [4.78, 5) is 14.8. The molecule has 2 aliphatic rings. The highest BCUT2D eigenvalue weighted by Gasteiger charge is 2.30. The van der Waals surface area contributed by atoms with Crippen LogP contribution >= 0.6 is 0 Å². The third-order valence-corrected chi connectivity index (χ3v) is 4.30. The van der Waals surface area contributed by atoms with Gasteiger partial charge in [0.2, 0.25) is 5.91 Å². The van der Waals surface area contributed by atoms with Crippen LogP contribution in [-0.4, -0.2) is 50.3 Å². The van der Waals surface area contributed by atoms with Crippen molar-refractivity contribution in [3.05, 3.63) is 22.9 Å². The van der Waals surface area contributed by atoms with Crippen molar-refractivity contribution in [3.63, 3.8) is 0 Å². The van der Waals surface area contributed by atoms with Crippen LogP contribution in [0.5, 0.6) is 0 Å². The number of carbonyl (C=O) groups excluding carboxylic acids is 1. The van der Waals surface area contributed by atoms with Gasteiger partial charge in [-0.15, -0.1) is 0 Å². The van der Waals surface area contributed by atoms with E-state index in [-0.39, 0.29) is 5.91 Å². The quantitative estimate of drug-likeness (QED) is 0.796. The van der Waals surface area contributed by atoms with Crippen LogP contribution in [0.4, 0.5) is 0 Å². The minimum absolute atomic E-state index is 0.00891. The maximum absolute atomic E-state index is 12.4. The van der Waals surface area contributed by atoms with Crippen molar-refractivity contribution in [1.29, 1.82) is 0 Å². The van der Waals surface area contributed by atoms with Crippen LogP contribution in [0.2, 0.25) is 0 Å². The average Bonchev–Trinajstić information content (AvgIpc) is 2.57. The van der Waals surface area contributed by atoms with Crippen molar-refractivity contribution in [2.75, 3.05) is 39.5 Å². The molecule has 0 spiro atoms. The summed E-state index contributed by atoms with van der Waals surface area (Å²) in [7, 11) is 0. The highest BCUT2D eigenvalue weighted by molar-refractivity contribution is 5.83. The van der Waals surface area contributed by atoms with E-state index in [1.807, 2.05) is 34.6 Å². The summed E-state index contributed by atoms with van der Waals surface area (Å²) in [6.07, 6.45) is 1.20. The van der Waals surface area contributed by atoms with Crippen molar-refractivity contribution in [2.45, 2.75) is 47.5 Å². The molecule has 1 N–H and O–H groups in total. The molecule has 0 unspecified atom stereocenters. The lowest BCUT2D eigenvalue weighted by molar-refractivity contribution is -0.127. The molecular weight excluding hydrogens is 320 g/mol. The van der Waals surface area contributed by atoms with E-state index in [9.17, 15) is 4.79 Å². The van der Waals surface area contributed by atoms with Gasteiger partial charge in [0, 0.05) is 18.5 Å². The van der Waals surface area contributed by atoms with Crippen molar-refractivity contribution in [3.8, 4) is 0 Å². The summed E-state index contributed by atoms with van der Waals surface area (Å²) >= 11 is 0. The standard InChI is InChI=1S/C19H32N2O4/c1-6-24-16-13-15(21-8-10-23-11-9-21)17(25-7-2)12-14(16)20-18(22)19(3,4)5/h6-13H2,1-5H3,(H,20,22). The van der Waals surface area contributed by atoms with Crippen molar-refractivity contribution in [2.24, 2.45) is 5.41 Å². The fourth-order valence-electron chi connectivity index (χ4n) is 2.90. The molecule has 6 nitrogen and oxygen atoms in total. The van der Waals surface area contributed by atoms with Crippen LogP contribution < -0.4 is 5.32 Å². The Bertz CT molecular complexity index is 540. The van der Waals surface area contributed by atoms with Crippen LogP contribution in [0, 0.1) is 5.41 Å². The van der Waals surface area contributed by atoms with Gasteiger partial charge in [-0.2, -0.15) is 0 Å². The summed E-state index contributed by atoms with van der Waals surface area (Å²) in [5.41, 5.74) is 1.52. The van der Waals surface area contributed by atoms with Gasteiger partial charge in [0.25, 0.3) is 0 Å². The van der Waals surface area contributed by atoms with E-state index in [0.717, 1.165) is 49.2 Å². The maximum atomic E-state index is 12.4. The first kappa shape index (κ1) is 19.6. The van der Waals surface area contributed by atoms with Gasteiger partial charge in [0.15, 0.2) is 0 Å². The van der Waals surface area contributed by atoms with E-state index in [1.165, 1.54) is 0 Å². The van der Waals surface area contributed by atoms with Gasteiger partial charge >= 0.3 is 0 Å². The van der Waals surface area contributed by atoms with E-state index in [2.05, 4.69) is 10.2 Å². The zero-order valence-electron chi connectivity index (χ0n) is 16.2. The Balaban J connectivity index is 2.25. The largest absolute Gasteiger partial charge is 0.496 e. The Labute approximate surface area is 151 Å². The number of rotatable bonds is 6. The van der Waals surface area contributed by atoms with E-state index in [4.69, 9.17) is 14.2 Å². The molecule has 1 saturated heterocycles. The molecule has 2 rings (SSSR count). The summed E-state index contributed by atoms with van der Waals surface area (Å²) in [5, 5.41) is 3.06. The number of ether oxygens (including phenoxy) is 3. The van der Waals surface area contributed by atoms with Gasteiger partial charge in [-0.05, 0) is 13.8 Å². The van der Waals surface area contributed by atoms with E-state index in [0.29, 0.717) is 26.1 Å². The average molecular weight is 352 g/mol. The molecule has 0 atom stereocenters. The second-order valence-corrected chi connectivity index (χ2v) is 7.29. The van der Waals surface area contributed by atoms with Crippen LogP contribution in [0.1, 0.15) is 47.5 Å². The lowest BCUT2D eigenvalue weighted by Crippen LogP contribution is -2.39. The molecule has 6 heteroatoms. The van der Waals surface area contributed by atoms with Crippen LogP contribution in [-0.2, 0) is 19.0 Å². The minimum atomic E-state index is -0.454. The van der Waals surface area contributed by atoms with Crippen LogP contribution in [0.25, 0.3) is 0 Å². The maximum Gasteiger partial charge on any atom is 0.229 e. The zero-order chi connectivity index (χ0) is 18.4. The molecule has 1 amide bonds. The normalized spacial score (nSPS) is 19.2. The first-order chi connectivity index (χ1) is 11.9. The predicted octanol–water partition coefficient (Wildman–Crippen LogP) is 2.77.